The van der Waals surface area contributed by atoms with Crippen molar-refractivity contribution >= 4 is 44.6 Å². The van der Waals surface area contributed by atoms with Crippen LogP contribution in [0.3, 0.4) is 0 Å². The lowest BCUT2D eigenvalue weighted by molar-refractivity contribution is -0.384. The number of hydrogen-bond acceptors (Lipinski definition) is 5. The summed E-state index contributed by atoms with van der Waals surface area (Å²) in [6.45, 7) is 0. The standard InChI is InChI=1S/C18H12Cl2N2O5S/c19-12-1-5-16(6-2-12)27-17-10-14(9-15(11-17)22(23)24)21-28(25,26)18-7-3-13(20)4-8-18/h1-11,21H. The Morgan fingerprint density at radius 3 is 2.00 bits per heavy atom. The van der Waals surface area contributed by atoms with Crippen LogP contribution >= 0.6 is 23.2 Å². The van der Waals surface area contributed by atoms with Crippen molar-refractivity contribution in [2.75, 3.05) is 4.72 Å². The number of nitro groups is 1. The number of halogens is 2. The van der Waals surface area contributed by atoms with Gasteiger partial charge in [-0.1, -0.05) is 23.2 Å². The van der Waals surface area contributed by atoms with Crippen LogP contribution in [0.4, 0.5) is 11.4 Å². The van der Waals surface area contributed by atoms with Gasteiger partial charge in [-0.25, -0.2) is 8.42 Å². The first kappa shape index (κ1) is 19.9. The highest BCUT2D eigenvalue weighted by Gasteiger charge is 2.18. The molecule has 3 aromatic carbocycles. The molecule has 0 unspecified atom stereocenters. The van der Waals surface area contributed by atoms with Crippen LogP contribution in [0, 0.1) is 10.1 Å². The smallest absolute Gasteiger partial charge is 0.275 e. The molecule has 0 saturated carbocycles. The third kappa shape index (κ3) is 4.92. The summed E-state index contributed by atoms with van der Waals surface area (Å²) in [7, 11) is -3.97. The fourth-order valence-corrected chi connectivity index (χ4v) is 3.57. The van der Waals surface area contributed by atoms with E-state index in [1.165, 1.54) is 36.4 Å². The van der Waals surface area contributed by atoms with Crippen molar-refractivity contribution in [3.05, 3.63) is 86.9 Å². The summed E-state index contributed by atoms with van der Waals surface area (Å²) in [6.07, 6.45) is 0. The average Bonchev–Trinajstić information content (AvgIpc) is 2.63. The van der Waals surface area contributed by atoms with Gasteiger partial charge in [-0.05, 0) is 48.5 Å². The zero-order chi connectivity index (χ0) is 20.3. The van der Waals surface area contributed by atoms with E-state index in [0.717, 1.165) is 6.07 Å². The molecular formula is C18H12Cl2N2O5S. The molecule has 0 heterocycles. The summed E-state index contributed by atoms with van der Waals surface area (Å²) in [4.78, 5) is 10.5. The molecule has 0 atom stereocenters. The molecule has 28 heavy (non-hydrogen) atoms. The number of nitrogens with one attached hydrogen (secondary N) is 1. The van der Waals surface area contributed by atoms with Gasteiger partial charge in [-0.15, -0.1) is 0 Å². The Kier molecular flexibility index (Phi) is 5.73. The van der Waals surface area contributed by atoms with Crippen molar-refractivity contribution < 1.29 is 18.1 Å². The maximum atomic E-state index is 12.5. The first-order valence-corrected chi connectivity index (χ1v) is 9.98. The predicted octanol–water partition coefficient (Wildman–Crippen LogP) is 5.49. The maximum Gasteiger partial charge on any atom is 0.275 e. The Morgan fingerprint density at radius 1 is 0.857 bits per heavy atom. The van der Waals surface area contributed by atoms with Gasteiger partial charge in [0.25, 0.3) is 15.7 Å². The molecule has 0 bridgehead atoms. The molecule has 0 amide bonds. The van der Waals surface area contributed by atoms with Crippen molar-refractivity contribution in [3.63, 3.8) is 0 Å². The van der Waals surface area contributed by atoms with E-state index >= 15 is 0 Å². The number of benzene rings is 3. The normalized spacial score (nSPS) is 11.1. The molecule has 0 spiro atoms. The maximum absolute atomic E-state index is 12.5. The van der Waals surface area contributed by atoms with Gasteiger partial charge in [-0.2, -0.15) is 0 Å². The quantitative estimate of drug-likeness (QED) is 0.404. The van der Waals surface area contributed by atoms with E-state index in [9.17, 15) is 18.5 Å². The van der Waals surface area contributed by atoms with Crippen molar-refractivity contribution in [3.8, 4) is 11.5 Å². The number of nitrogens with zero attached hydrogens (tertiary/aromatic N) is 1. The monoisotopic (exact) mass is 438 g/mol. The molecule has 10 heteroatoms. The molecule has 3 aromatic rings. The van der Waals surface area contributed by atoms with Gasteiger partial charge < -0.3 is 4.74 Å². The Labute approximate surface area is 170 Å². The molecule has 0 fully saturated rings. The molecule has 0 saturated heterocycles. The lowest BCUT2D eigenvalue weighted by Gasteiger charge is -2.11. The molecule has 0 radical (unpaired) electrons. The Balaban J connectivity index is 1.93. The van der Waals surface area contributed by atoms with E-state index in [-0.39, 0.29) is 22.0 Å². The predicted molar refractivity (Wildman–Crippen MR) is 107 cm³/mol. The van der Waals surface area contributed by atoms with Crippen LogP contribution in [0.1, 0.15) is 0 Å². The minimum atomic E-state index is -3.97. The number of non-ortho nitro benzene ring substituents is 1. The fourth-order valence-electron chi connectivity index (χ4n) is 2.27. The topological polar surface area (TPSA) is 98.5 Å². The van der Waals surface area contributed by atoms with Crippen LogP contribution in [0.5, 0.6) is 11.5 Å². The highest BCUT2D eigenvalue weighted by Crippen LogP contribution is 2.31. The summed E-state index contributed by atoms with van der Waals surface area (Å²) in [6, 6.07) is 15.5. The van der Waals surface area contributed by atoms with E-state index in [1.54, 1.807) is 24.3 Å². The first-order valence-electron chi connectivity index (χ1n) is 7.74. The third-order valence-corrected chi connectivity index (χ3v) is 5.43. The summed E-state index contributed by atoms with van der Waals surface area (Å²) < 4.78 is 32.9. The number of nitro benzene ring substituents is 1. The van der Waals surface area contributed by atoms with Gasteiger partial charge in [0.2, 0.25) is 0 Å². The van der Waals surface area contributed by atoms with Gasteiger partial charge in [0.1, 0.15) is 11.5 Å². The van der Waals surface area contributed by atoms with Crippen molar-refractivity contribution in [1.82, 2.24) is 0 Å². The molecule has 0 aliphatic heterocycles. The summed E-state index contributed by atoms with van der Waals surface area (Å²) in [5.74, 6) is 0.474. The van der Waals surface area contributed by atoms with Crippen LogP contribution in [-0.4, -0.2) is 13.3 Å². The zero-order valence-electron chi connectivity index (χ0n) is 14.0. The van der Waals surface area contributed by atoms with E-state index in [2.05, 4.69) is 4.72 Å². The largest absolute Gasteiger partial charge is 0.457 e. The van der Waals surface area contributed by atoms with Crippen LogP contribution in [0.2, 0.25) is 10.0 Å². The molecule has 144 valence electrons. The SMILES string of the molecule is O=[N+]([O-])c1cc(NS(=O)(=O)c2ccc(Cl)cc2)cc(Oc2ccc(Cl)cc2)c1. The van der Waals surface area contributed by atoms with Crippen LogP contribution in [0.25, 0.3) is 0 Å². The van der Waals surface area contributed by atoms with E-state index in [4.69, 9.17) is 27.9 Å². The van der Waals surface area contributed by atoms with Gasteiger partial charge >= 0.3 is 0 Å². The minimum absolute atomic E-state index is 0.0203. The lowest BCUT2D eigenvalue weighted by Crippen LogP contribution is -2.13. The number of anilines is 1. The van der Waals surface area contributed by atoms with Gasteiger partial charge in [0.15, 0.2) is 0 Å². The second-order valence-corrected chi connectivity index (χ2v) is 8.14. The highest BCUT2D eigenvalue weighted by atomic mass is 35.5. The highest BCUT2D eigenvalue weighted by molar-refractivity contribution is 7.92. The minimum Gasteiger partial charge on any atom is -0.457 e. The first-order chi connectivity index (χ1) is 13.2. The molecule has 0 aliphatic rings. The lowest BCUT2D eigenvalue weighted by atomic mass is 10.2. The summed E-state index contributed by atoms with van der Waals surface area (Å²) >= 11 is 11.6. The third-order valence-electron chi connectivity index (χ3n) is 3.53. The fraction of sp³-hybridized carbons (Fsp3) is 0. The van der Waals surface area contributed by atoms with Gasteiger partial charge in [0, 0.05) is 22.2 Å². The van der Waals surface area contributed by atoms with Crippen molar-refractivity contribution in [2.45, 2.75) is 4.90 Å². The molecule has 0 aliphatic carbocycles. The second-order valence-electron chi connectivity index (χ2n) is 5.59. The van der Waals surface area contributed by atoms with E-state index in [0.29, 0.717) is 15.8 Å². The van der Waals surface area contributed by atoms with Gasteiger partial charge in [0.05, 0.1) is 21.6 Å². The average molecular weight is 439 g/mol. The van der Waals surface area contributed by atoms with Gasteiger partial charge in [-0.3, -0.25) is 14.8 Å². The molecule has 7 nitrogen and oxygen atoms in total. The zero-order valence-corrected chi connectivity index (χ0v) is 16.3. The summed E-state index contributed by atoms with van der Waals surface area (Å²) in [5, 5.41) is 12.1. The second kappa shape index (κ2) is 8.05. The number of rotatable bonds is 6. The van der Waals surface area contributed by atoms with Crippen molar-refractivity contribution in [2.24, 2.45) is 0 Å². The Bertz CT molecular complexity index is 1120. The van der Waals surface area contributed by atoms with Crippen LogP contribution < -0.4 is 9.46 Å². The molecular weight excluding hydrogens is 427 g/mol. The number of sulfonamides is 1. The number of hydrogen-bond donors (Lipinski definition) is 1. The molecule has 3 rings (SSSR count). The van der Waals surface area contributed by atoms with E-state index < -0.39 is 14.9 Å². The van der Waals surface area contributed by atoms with Crippen LogP contribution in [0.15, 0.2) is 71.6 Å². The Hall–Kier alpha value is -2.81. The van der Waals surface area contributed by atoms with Crippen molar-refractivity contribution in [1.29, 1.82) is 0 Å². The Morgan fingerprint density at radius 2 is 1.43 bits per heavy atom. The molecule has 0 aromatic heterocycles. The summed E-state index contributed by atoms with van der Waals surface area (Å²) in [5.41, 5.74) is -0.353. The van der Waals surface area contributed by atoms with E-state index in [1.807, 2.05) is 0 Å². The number of ether oxygens (including phenoxy) is 1. The van der Waals surface area contributed by atoms with Crippen LogP contribution in [-0.2, 0) is 10.0 Å². The molecule has 1 N–H and O–H groups in total.